The lowest BCUT2D eigenvalue weighted by atomic mass is 9.99. The number of nitrogens with zero attached hydrogens (tertiary/aromatic N) is 5. The third-order valence-electron chi connectivity index (χ3n) is 5.68. The van der Waals surface area contributed by atoms with Crippen LogP contribution in [0.3, 0.4) is 0 Å². The number of hydrogen-bond acceptors (Lipinski definition) is 7. The molecule has 0 bridgehead atoms. The number of ether oxygens (including phenoxy) is 2. The van der Waals surface area contributed by atoms with Crippen molar-refractivity contribution in [2.75, 3.05) is 26.3 Å². The molecule has 154 valence electrons. The molecule has 0 aromatic carbocycles. The van der Waals surface area contributed by atoms with E-state index in [1.165, 1.54) is 17.1 Å². The van der Waals surface area contributed by atoms with Crippen molar-refractivity contribution in [2.24, 2.45) is 0 Å². The molecule has 4 rings (SSSR count). The Labute approximate surface area is 168 Å². The van der Waals surface area contributed by atoms with Crippen LogP contribution < -0.4 is 5.56 Å². The van der Waals surface area contributed by atoms with E-state index in [1.54, 1.807) is 17.2 Å². The van der Waals surface area contributed by atoms with E-state index < -0.39 is 5.60 Å². The fraction of sp³-hybridized carbons (Fsp3) is 0.550. The van der Waals surface area contributed by atoms with Gasteiger partial charge in [-0.2, -0.15) is 5.10 Å². The van der Waals surface area contributed by atoms with Crippen molar-refractivity contribution >= 4 is 5.91 Å². The van der Waals surface area contributed by atoms with E-state index >= 15 is 0 Å². The van der Waals surface area contributed by atoms with Crippen LogP contribution in [0.5, 0.6) is 0 Å². The molecule has 4 heterocycles. The van der Waals surface area contributed by atoms with Gasteiger partial charge in [-0.05, 0) is 32.8 Å². The third kappa shape index (κ3) is 4.06. The second-order valence-electron chi connectivity index (χ2n) is 7.72. The second kappa shape index (κ2) is 8.00. The highest BCUT2D eigenvalue weighted by Crippen LogP contribution is 2.34. The molecule has 2 unspecified atom stereocenters. The number of aromatic nitrogens is 4. The lowest BCUT2D eigenvalue weighted by Gasteiger charge is -2.32. The molecule has 2 aromatic heterocycles. The Morgan fingerprint density at radius 3 is 3.03 bits per heavy atom. The van der Waals surface area contributed by atoms with E-state index in [0.29, 0.717) is 38.5 Å². The largest absolute Gasteiger partial charge is 0.377 e. The fourth-order valence-electron chi connectivity index (χ4n) is 3.95. The molecule has 2 atom stereocenters. The van der Waals surface area contributed by atoms with Crippen molar-refractivity contribution in [1.82, 2.24) is 24.6 Å². The van der Waals surface area contributed by atoms with Gasteiger partial charge in [-0.1, -0.05) is 0 Å². The summed E-state index contributed by atoms with van der Waals surface area (Å²) in [4.78, 5) is 35.2. The number of carbonyl (C=O) groups excluding carboxylic acids is 1. The average Bonchev–Trinajstić information content (AvgIpc) is 2.97. The van der Waals surface area contributed by atoms with Crippen LogP contribution in [0.1, 0.15) is 34.6 Å². The van der Waals surface area contributed by atoms with Crippen LogP contribution in [0.4, 0.5) is 0 Å². The van der Waals surface area contributed by atoms with Crippen LogP contribution in [0.25, 0.3) is 0 Å². The van der Waals surface area contributed by atoms with Gasteiger partial charge in [0.2, 0.25) is 0 Å². The predicted molar refractivity (Wildman–Crippen MR) is 104 cm³/mol. The summed E-state index contributed by atoms with van der Waals surface area (Å²) >= 11 is 0. The molecule has 2 saturated heterocycles. The summed E-state index contributed by atoms with van der Waals surface area (Å²) in [5.41, 5.74) is 1.27. The zero-order chi connectivity index (χ0) is 20.4. The van der Waals surface area contributed by atoms with Gasteiger partial charge < -0.3 is 14.4 Å². The normalized spacial score (nSPS) is 24.6. The number of amides is 1. The Balaban J connectivity index is 1.50. The maximum atomic E-state index is 13.2. The summed E-state index contributed by atoms with van der Waals surface area (Å²) < 4.78 is 13.6. The van der Waals surface area contributed by atoms with Gasteiger partial charge in [-0.25, -0.2) is 14.6 Å². The summed E-state index contributed by atoms with van der Waals surface area (Å²) in [7, 11) is 0. The highest BCUT2D eigenvalue weighted by Gasteiger charge is 2.44. The topological polar surface area (TPSA) is 99.4 Å². The highest BCUT2D eigenvalue weighted by molar-refractivity contribution is 5.93. The van der Waals surface area contributed by atoms with Gasteiger partial charge in [0.1, 0.15) is 17.6 Å². The van der Waals surface area contributed by atoms with Crippen molar-refractivity contribution in [2.45, 2.75) is 44.9 Å². The molecule has 2 fully saturated rings. The Bertz CT molecular complexity index is 962. The minimum atomic E-state index is -0.578. The van der Waals surface area contributed by atoms with Crippen LogP contribution in [-0.2, 0) is 16.0 Å². The number of hydrogen-bond donors (Lipinski definition) is 0. The molecule has 0 aliphatic carbocycles. The van der Waals surface area contributed by atoms with Crippen molar-refractivity contribution in [3.05, 3.63) is 52.0 Å². The van der Waals surface area contributed by atoms with Crippen LogP contribution in [0, 0.1) is 13.8 Å². The Morgan fingerprint density at radius 1 is 1.34 bits per heavy atom. The Hall–Kier alpha value is -2.65. The molecular formula is C20H25N5O4. The van der Waals surface area contributed by atoms with Crippen LogP contribution in [0.2, 0.25) is 0 Å². The average molecular weight is 399 g/mol. The second-order valence-corrected chi connectivity index (χ2v) is 7.72. The summed E-state index contributed by atoms with van der Waals surface area (Å²) in [5, 5.41) is 4.11. The van der Waals surface area contributed by atoms with E-state index in [4.69, 9.17) is 9.47 Å². The minimum absolute atomic E-state index is 0.133. The van der Waals surface area contributed by atoms with E-state index in [0.717, 1.165) is 24.1 Å². The molecule has 9 heteroatoms. The lowest BCUT2D eigenvalue weighted by Crippen LogP contribution is -2.47. The SMILES string of the molecule is Cc1ncnc(C(=O)N2CCOCC3(CCC(Cn4ncccc4=O)O3)C2)c1C. The van der Waals surface area contributed by atoms with Crippen molar-refractivity contribution < 1.29 is 14.3 Å². The van der Waals surface area contributed by atoms with Crippen LogP contribution >= 0.6 is 0 Å². The molecule has 0 radical (unpaired) electrons. The predicted octanol–water partition coefficient (Wildman–Crippen LogP) is 0.741. The Morgan fingerprint density at radius 2 is 2.21 bits per heavy atom. The number of rotatable bonds is 3. The molecule has 0 N–H and O–H groups in total. The van der Waals surface area contributed by atoms with Gasteiger partial charge in [0.15, 0.2) is 0 Å². The van der Waals surface area contributed by atoms with Crippen LogP contribution in [-0.4, -0.2) is 68.6 Å². The zero-order valence-corrected chi connectivity index (χ0v) is 16.7. The van der Waals surface area contributed by atoms with Gasteiger partial charge in [0.25, 0.3) is 11.5 Å². The standard InChI is InChI=1S/C20H25N5O4/c1-14-15(2)21-13-22-18(14)19(27)24-8-9-28-12-20(11-24)6-5-16(29-20)10-25-17(26)4-3-7-23-25/h3-4,7,13,16H,5-6,8-12H2,1-2H3. The molecule has 2 aliphatic rings. The monoisotopic (exact) mass is 399 g/mol. The summed E-state index contributed by atoms with van der Waals surface area (Å²) in [6, 6.07) is 3.11. The van der Waals surface area contributed by atoms with Crippen molar-refractivity contribution in [3.8, 4) is 0 Å². The molecule has 29 heavy (non-hydrogen) atoms. The minimum Gasteiger partial charge on any atom is -0.377 e. The molecular weight excluding hydrogens is 374 g/mol. The maximum absolute atomic E-state index is 13.2. The van der Waals surface area contributed by atoms with Crippen molar-refractivity contribution in [3.63, 3.8) is 0 Å². The van der Waals surface area contributed by atoms with Crippen molar-refractivity contribution in [1.29, 1.82) is 0 Å². The first-order valence-electron chi connectivity index (χ1n) is 9.83. The molecule has 1 spiro atoms. The van der Waals surface area contributed by atoms with E-state index in [1.807, 2.05) is 13.8 Å². The molecule has 2 aliphatic heterocycles. The van der Waals surface area contributed by atoms with Gasteiger partial charge in [-0.3, -0.25) is 9.59 Å². The smallest absolute Gasteiger partial charge is 0.273 e. The van der Waals surface area contributed by atoms with Gasteiger partial charge >= 0.3 is 0 Å². The summed E-state index contributed by atoms with van der Waals surface area (Å²) in [5.74, 6) is -0.133. The van der Waals surface area contributed by atoms with Gasteiger partial charge in [-0.15, -0.1) is 0 Å². The Kier molecular flexibility index (Phi) is 5.42. The summed E-state index contributed by atoms with van der Waals surface area (Å²) in [6.07, 6.45) is 4.40. The summed E-state index contributed by atoms with van der Waals surface area (Å²) in [6.45, 7) is 5.90. The maximum Gasteiger partial charge on any atom is 0.273 e. The van der Waals surface area contributed by atoms with Gasteiger partial charge in [0.05, 0.1) is 32.4 Å². The van der Waals surface area contributed by atoms with Gasteiger partial charge in [0, 0.05) is 30.1 Å². The lowest BCUT2D eigenvalue weighted by molar-refractivity contribution is -0.0884. The molecule has 9 nitrogen and oxygen atoms in total. The fourth-order valence-corrected chi connectivity index (χ4v) is 3.95. The van der Waals surface area contributed by atoms with Crippen LogP contribution in [0.15, 0.2) is 29.5 Å². The van der Waals surface area contributed by atoms with E-state index in [2.05, 4.69) is 15.1 Å². The first-order valence-corrected chi connectivity index (χ1v) is 9.83. The quantitative estimate of drug-likeness (QED) is 0.750. The van der Waals surface area contributed by atoms with E-state index in [9.17, 15) is 9.59 Å². The highest BCUT2D eigenvalue weighted by atomic mass is 16.6. The third-order valence-corrected chi connectivity index (χ3v) is 5.68. The zero-order valence-electron chi connectivity index (χ0n) is 16.7. The molecule has 1 amide bonds. The first-order chi connectivity index (χ1) is 14.0. The number of aryl methyl sites for hydroxylation is 1. The molecule has 2 aromatic rings. The van der Waals surface area contributed by atoms with E-state index in [-0.39, 0.29) is 17.6 Å². The molecule has 0 saturated carbocycles. The first kappa shape index (κ1) is 19.7. The number of carbonyl (C=O) groups is 1.